The molecule has 1 fully saturated rings. The van der Waals surface area contributed by atoms with Gasteiger partial charge in [-0.3, -0.25) is 4.79 Å². The van der Waals surface area contributed by atoms with Crippen LogP contribution in [0.3, 0.4) is 0 Å². The van der Waals surface area contributed by atoms with E-state index in [1.165, 1.54) is 5.56 Å². The van der Waals surface area contributed by atoms with Gasteiger partial charge in [0.15, 0.2) is 0 Å². The number of urea groups is 1. The molecule has 154 valence electrons. The van der Waals surface area contributed by atoms with Gasteiger partial charge in [0.05, 0.1) is 7.11 Å². The fraction of sp³-hybridized carbons (Fsp3) is 0.391. The van der Waals surface area contributed by atoms with Crippen LogP contribution in [0.15, 0.2) is 48.5 Å². The van der Waals surface area contributed by atoms with Crippen molar-refractivity contribution in [3.63, 3.8) is 0 Å². The molecule has 1 aliphatic rings. The molecule has 1 saturated heterocycles. The highest BCUT2D eigenvalue weighted by Gasteiger charge is 2.30. The van der Waals surface area contributed by atoms with Crippen molar-refractivity contribution in [1.82, 2.24) is 5.32 Å². The smallest absolute Gasteiger partial charge is 0.319 e. The number of rotatable bonds is 5. The Labute approximate surface area is 172 Å². The molecule has 0 radical (unpaired) electrons. The number of ether oxygens (including phenoxy) is 1. The Bertz CT molecular complexity index is 854. The van der Waals surface area contributed by atoms with Gasteiger partial charge in [-0.15, -0.1) is 0 Å². The maximum Gasteiger partial charge on any atom is 0.319 e. The van der Waals surface area contributed by atoms with Crippen molar-refractivity contribution in [2.24, 2.45) is 5.92 Å². The van der Waals surface area contributed by atoms with Gasteiger partial charge in [-0.25, -0.2) is 4.79 Å². The second-order valence-electron chi connectivity index (χ2n) is 8.43. The first kappa shape index (κ1) is 20.7. The summed E-state index contributed by atoms with van der Waals surface area (Å²) in [6.45, 7) is 7.50. The van der Waals surface area contributed by atoms with E-state index in [9.17, 15) is 9.59 Å². The zero-order chi connectivity index (χ0) is 21.0. The monoisotopic (exact) mass is 395 g/mol. The molecule has 6 heteroatoms. The minimum absolute atomic E-state index is 0.0696. The third-order valence-electron chi connectivity index (χ3n) is 5.15. The summed E-state index contributed by atoms with van der Waals surface area (Å²) in [6, 6.07) is 15.0. The Morgan fingerprint density at radius 3 is 2.34 bits per heavy atom. The Balaban J connectivity index is 1.49. The molecule has 6 nitrogen and oxygen atoms in total. The van der Waals surface area contributed by atoms with E-state index < -0.39 is 0 Å². The lowest BCUT2D eigenvalue weighted by atomic mass is 9.87. The molecule has 2 N–H and O–H groups in total. The molecule has 0 unspecified atom stereocenters. The topological polar surface area (TPSA) is 70.7 Å². The van der Waals surface area contributed by atoms with Gasteiger partial charge in [-0.2, -0.15) is 0 Å². The second kappa shape index (κ2) is 8.55. The third kappa shape index (κ3) is 5.28. The summed E-state index contributed by atoms with van der Waals surface area (Å²) in [7, 11) is 1.61. The van der Waals surface area contributed by atoms with Gasteiger partial charge in [0.2, 0.25) is 5.91 Å². The lowest BCUT2D eigenvalue weighted by molar-refractivity contribution is -0.117. The van der Waals surface area contributed by atoms with Crippen LogP contribution in [-0.4, -0.2) is 32.1 Å². The maximum absolute atomic E-state index is 12.4. The molecule has 0 aromatic heterocycles. The molecule has 1 heterocycles. The first-order valence-corrected chi connectivity index (χ1v) is 9.86. The van der Waals surface area contributed by atoms with E-state index >= 15 is 0 Å². The molecule has 2 aromatic rings. The van der Waals surface area contributed by atoms with Crippen LogP contribution < -0.4 is 20.3 Å². The summed E-state index contributed by atoms with van der Waals surface area (Å²) >= 11 is 0. The van der Waals surface area contributed by atoms with Crippen molar-refractivity contribution < 1.29 is 14.3 Å². The van der Waals surface area contributed by atoms with Gasteiger partial charge >= 0.3 is 6.03 Å². The molecule has 1 atom stereocenters. The van der Waals surface area contributed by atoms with E-state index in [0.29, 0.717) is 19.5 Å². The normalized spacial score (nSPS) is 16.6. The van der Waals surface area contributed by atoms with Crippen molar-refractivity contribution >= 4 is 23.3 Å². The summed E-state index contributed by atoms with van der Waals surface area (Å²) in [5.41, 5.74) is 2.89. The molecule has 3 rings (SSSR count). The highest BCUT2D eigenvalue weighted by molar-refractivity contribution is 5.96. The zero-order valence-corrected chi connectivity index (χ0v) is 17.5. The van der Waals surface area contributed by atoms with Crippen molar-refractivity contribution in [3.05, 3.63) is 54.1 Å². The molecule has 0 spiro atoms. The van der Waals surface area contributed by atoms with Crippen LogP contribution in [0, 0.1) is 5.92 Å². The molecular formula is C23H29N3O3. The predicted molar refractivity (Wildman–Crippen MR) is 116 cm³/mol. The molecule has 0 bridgehead atoms. The Kier molecular flexibility index (Phi) is 6.11. The largest absolute Gasteiger partial charge is 0.497 e. The van der Waals surface area contributed by atoms with Crippen LogP contribution in [0.2, 0.25) is 0 Å². The van der Waals surface area contributed by atoms with Crippen LogP contribution >= 0.6 is 0 Å². The van der Waals surface area contributed by atoms with Gasteiger partial charge in [0.1, 0.15) is 5.75 Å². The number of nitrogens with zero attached hydrogens (tertiary/aromatic N) is 1. The number of hydrogen-bond acceptors (Lipinski definition) is 3. The van der Waals surface area contributed by atoms with E-state index in [4.69, 9.17) is 4.74 Å². The zero-order valence-electron chi connectivity index (χ0n) is 17.5. The lowest BCUT2D eigenvalue weighted by Gasteiger charge is -2.19. The first-order chi connectivity index (χ1) is 13.8. The van der Waals surface area contributed by atoms with Crippen molar-refractivity contribution in [3.8, 4) is 5.75 Å². The third-order valence-corrected chi connectivity index (χ3v) is 5.15. The molecule has 1 aliphatic heterocycles. The SMILES string of the molecule is COc1ccc(N2C[C@@H](CNC(=O)Nc3ccc(C(C)(C)C)cc3)CC2=O)cc1. The molecule has 0 aliphatic carbocycles. The van der Waals surface area contributed by atoms with Gasteiger partial charge in [-0.05, 0) is 47.4 Å². The summed E-state index contributed by atoms with van der Waals surface area (Å²) in [5.74, 6) is 0.907. The van der Waals surface area contributed by atoms with Crippen LogP contribution in [0.1, 0.15) is 32.8 Å². The Morgan fingerprint density at radius 2 is 1.76 bits per heavy atom. The predicted octanol–water partition coefficient (Wildman–Crippen LogP) is 4.17. The van der Waals surface area contributed by atoms with Crippen LogP contribution in [-0.2, 0) is 10.2 Å². The number of amides is 3. The number of hydrogen-bond donors (Lipinski definition) is 2. The van der Waals surface area contributed by atoms with E-state index in [1.807, 2.05) is 48.5 Å². The van der Waals surface area contributed by atoms with Gasteiger partial charge in [0, 0.05) is 36.8 Å². The number of nitrogens with one attached hydrogen (secondary N) is 2. The van der Waals surface area contributed by atoms with Crippen LogP contribution in [0.4, 0.5) is 16.2 Å². The van der Waals surface area contributed by atoms with Crippen molar-refractivity contribution in [2.45, 2.75) is 32.6 Å². The molecule has 3 amide bonds. The van der Waals surface area contributed by atoms with Crippen molar-refractivity contribution in [1.29, 1.82) is 0 Å². The van der Waals surface area contributed by atoms with E-state index in [-0.39, 0.29) is 23.3 Å². The molecule has 0 saturated carbocycles. The average Bonchev–Trinajstić information content (AvgIpc) is 3.07. The van der Waals surface area contributed by atoms with Crippen LogP contribution in [0.25, 0.3) is 0 Å². The lowest BCUT2D eigenvalue weighted by Crippen LogP contribution is -2.34. The summed E-state index contributed by atoms with van der Waals surface area (Å²) in [6.07, 6.45) is 0.423. The molecular weight excluding hydrogens is 366 g/mol. The summed E-state index contributed by atoms with van der Waals surface area (Å²) in [5, 5.41) is 5.73. The minimum Gasteiger partial charge on any atom is -0.497 e. The highest BCUT2D eigenvalue weighted by Crippen LogP contribution is 2.27. The Morgan fingerprint density at radius 1 is 1.10 bits per heavy atom. The van der Waals surface area contributed by atoms with Crippen molar-refractivity contribution in [2.75, 3.05) is 30.4 Å². The Hall–Kier alpha value is -3.02. The van der Waals surface area contributed by atoms with E-state index in [2.05, 4.69) is 31.4 Å². The number of benzene rings is 2. The van der Waals surface area contributed by atoms with Crippen LogP contribution in [0.5, 0.6) is 5.75 Å². The molecule has 29 heavy (non-hydrogen) atoms. The highest BCUT2D eigenvalue weighted by atomic mass is 16.5. The van der Waals surface area contributed by atoms with Gasteiger partial charge in [0.25, 0.3) is 0 Å². The summed E-state index contributed by atoms with van der Waals surface area (Å²) in [4.78, 5) is 26.3. The fourth-order valence-electron chi connectivity index (χ4n) is 3.40. The standard InChI is InChI=1S/C23H29N3O3/c1-23(2,3)17-5-7-18(8-6-17)25-22(28)24-14-16-13-21(27)26(15-16)19-9-11-20(29-4)12-10-19/h5-12,16H,13-15H2,1-4H3,(H2,24,25,28)/t16-/m1/s1. The number of methoxy groups -OCH3 is 1. The average molecular weight is 396 g/mol. The second-order valence-corrected chi connectivity index (χ2v) is 8.43. The number of carbonyl (C=O) groups is 2. The number of anilines is 2. The van der Waals surface area contributed by atoms with Gasteiger partial charge < -0.3 is 20.3 Å². The van der Waals surface area contributed by atoms with E-state index in [1.54, 1.807) is 12.0 Å². The maximum atomic E-state index is 12.4. The van der Waals surface area contributed by atoms with E-state index in [0.717, 1.165) is 17.1 Å². The van der Waals surface area contributed by atoms with Gasteiger partial charge in [-0.1, -0.05) is 32.9 Å². The first-order valence-electron chi connectivity index (χ1n) is 9.86. The number of carbonyl (C=O) groups excluding carboxylic acids is 2. The minimum atomic E-state index is -0.260. The summed E-state index contributed by atoms with van der Waals surface area (Å²) < 4.78 is 5.16. The molecule has 2 aromatic carbocycles. The fourth-order valence-corrected chi connectivity index (χ4v) is 3.40. The quantitative estimate of drug-likeness (QED) is 0.798.